The Morgan fingerprint density at radius 2 is 1.13 bits per heavy atom. The Hall–Kier alpha value is -2.69. The molecule has 0 aliphatic rings. The van der Waals surface area contributed by atoms with E-state index < -0.39 is 38.1 Å². The fourth-order valence-corrected chi connectivity index (χ4v) is 2.43. The molecule has 0 bridgehead atoms. The highest BCUT2D eigenvalue weighted by Crippen LogP contribution is 2.07. The van der Waals surface area contributed by atoms with Crippen LogP contribution in [0, 0.1) is 5.92 Å². The van der Waals surface area contributed by atoms with Gasteiger partial charge in [-0.3, -0.25) is 9.59 Å². The molecule has 0 heterocycles. The fourth-order valence-electron chi connectivity index (χ4n) is 2.43. The summed E-state index contributed by atoms with van der Waals surface area (Å²) in [4.78, 5) is 21.1. The molecule has 160 valence electrons. The van der Waals surface area contributed by atoms with E-state index in [1.807, 2.05) is 0 Å². The second kappa shape index (κ2) is 12.1. The highest BCUT2D eigenvalue weighted by Gasteiger charge is 2.14. The molecule has 0 saturated heterocycles. The number of hydrogen-bond donors (Lipinski definition) is 7. The Morgan fingerprint density at radius 3 is 1.43 bits per heavy atom. The summed E-state index contributed by atoms with van der Waals surface area (Å²) in [7, 11) is -2.98. The van der Waals surface area contributed by atoms with Gasteiger partial charge in [0, 0.05) is 0 Å². The van der Waals surface area contributed by atoms with Crippen LogP contribution in [-0.2, 0) is 22.4 Å². The monoisotopic (exact) mass is 415 g/mol. The number of carboxylic acids is 2. The van der Waals surface area contributed by atoms with E-state index in [1.54, 1.807) is 43.3 Å². The van der Waals surface area contributed by atoms with Crippen LogP contribution in [0.3, 0.4) is 0 Å². The van der Waals surface area contributed by atoms with Gasteiger partial charge in [0.1, 0.15) is 6.04 Å². The van der Waals surface area contributed by atoms with E-state index in [9.17, 15) is 9.59 Å². The second-order valence-electron chi connectivity index (χ2n) is 6.82. The summed E-state index contributed by atoms with van der Waals surface area (Å²) in [6.45, 7) is 1.64. The van der Waals surface area contributed by atoms with Crippen molar-refractivity contribution in [2.24, 2.45) is 11.7 Å². The molecule has 8 N–H and O–H groups in total. The van der Waals surface area contributed by atoms with Gasteiger partial charge < -0.3 is 36.0 Å². The first-order chi connectivity index (χ1) is 14.0. The van der Waals surface area contributed by atoms with Crippen LogP contribution in [0.4, 0.5) is 0 Å². The van der Waals surface area contributed by atoms with Gasteiger partial charge in [-0.2, -0.15) is 0 Å². The molecule has 9 nitrogen and oxygen atoms in total. The Kier molecular flexibility index (Phi) is 10.2. The number of carboxylic acid groups (broad SMARTS) is 2. The van der Waals surface area contributed by atoms with Crippen molar-refractivity contribution in [3.63, 3.8) is 0 Å². The lowest BCUT2D eigenvalue weighted by atomic mass is 9.26. The average molecular weight is 415 g/mol. The van der Waals surface area contributed by atoms with Crippen LogP contribution < -0.4 is 16.7 Å². The lowest BCUT2D eigenvalue weighted by Crippen LogP contribution is -2.33. The number of hydrogen-bond acceptors (Lipinski definition) is 7. The summed E-state index contributed by atoms with van der Waals surface area (Å²) in [5.41, 5.74) is 7.73. The first-order valence-electron chi connectivity index (χ1n) is 9.12. The van der Waals surface area contributed by atoms with Crippen molar-refractivity contribution in [3.05, 3.63) is 59.7 Å². The highest BCUT2D eigenvalue weighted by atomic mass is 16.4. The molecule has 0 unspecified atom stereocenters. The Bertz CT molecular complexity index is 743. The molecule has 0 fully saturated rings. The van der Waals surface area contributed by atoms with Gasteiger partial charge in [-0.05, 0) is 34.9 Å². The number of nitrogens with two attached hydrogens (primary N) is 1. The third-order valence-corrected chi connectivity index (χ3v) is 4.29. The van der Waals surface area contributed by atoms with E-state index >= 15 is 0 Å². The molecule has 0 saturated carbocycles. The predicted molar refractivity (Wildman–Crippen MR) is 112 cm³/mol. The van der Waals surface area contributed by atoms with Crippen LogP contribution in [0.25, 0.3) is 0 Å². The maximum atomic E-state index is 10.6. The fraction of sp³-hybridized carbons (Fsp3) is 0.263. The van der Waals surface area contributed by atoms with E-state index in [-0.39, 0.29) is 6.42 Å². The Balaban J connectivity index is 0.000000300. The van der Waals surface area contributed by atoms with Gasteiger partial charge >= 0.3 is 26.2 Å². The normalized spacial score (nSPS) is 12.2. The van der Waals surface area contributed by atoms with Gasteiger partial charge in [0.25, 0.3) is 0 Å². The van der Waals surface area contributed by atoms with Gasteiger partial charge in [-0.1, -0.05) is 55.5 Å². The number of rotatable bonds is 8. The minimum atomic E-state index is -1.51. The molecule has 0 aromatic heterocycles. The molecule has 11 heteroatoms. The van der Waals surface area contributed by atoms with Crippen LogP contribution in [0.5, 0.6) is 0 Å². The topological polar surface area (TPSA) is 182 Å². The van der Waals surface area contributed by atoms with Gasteiger partial charge in [0.05, 0.1) is 5.92 Å². The van der Waals surface area contributed by atoms with Crippen molar-refractivity contribution in [1.82, 2.24) is 0 Å². The molecule has 30 heavy (non-hydrogen) atoms. The molecule has 2 aromatic carbocycles. The summed E-state index contributed by atoms with van der Waals surface area (Å²) in [5.74, 6) is -2.32. The van der Waals surface area contributed by atoms with E-state index in [0.29, 0.717) is 17.3 Å². The van der Waals surface area contributed by atoms with Gasteiger partial charge in [-0.25, -0.2) is 0 Å². The van der Waals surface area contributed by atoms with Crippen molar-refractivity contribution in [3.8, 4) is 0 Å². The molecule has 0 spiro atoms. The van der Waals surface area contributed by atoms with Crippen LogP contribution >= 0.6 is 0 Å². The standard InChI is InChI=1S/C10H13BO4.C9H12BNO4/c1-7(10(12)13)6-8-2-4-9(5-3-8)11(14)15;11-8(9(12)13)5-6-1-3-7(4-2-6)10(14)15/h2-5,7,14-15H,6H2,1H3,(H,12,13);1-4,8,14-15H,5,11H2,(H,12,13)/t7-;8-/m00/s1/i11-1;10-1. The van der Waals surface area contributed by atoms with E-state index in [2.05, 4.69) is 0 Å². The van der Waals surface area contributed by atoms with Gasteiger partial charge in [0.15, 0.2) is 0 Å². The predicted octanol–water partition coefficient (Wildman–Crippen LogP) is -2.05. The first-order valence-corrected chi connectivity index (χ1v) is 9.12. The van der Waals surface area contributed by atoms with Crippen LogP contribution in [-0.4, -0.2) is 62.5 Å². The maximum absolute atomic E-state index is 10.6. The smallest absolute Gasteiger partial charge is 0.481 e. The lowest BCUT2D eigenvalue weighted by Gasteiger charge is -2.07. The quantitative estimate of drug-likeness (QED) is 0.239. The molecule has 0 aliphatic carbocycles. The molecule has 0 amide bonds. The molecule has 0 aliphatic heterocycles. The minimum Gasteiger partial charge on any atom is -0.481 e. The lowest BCUT2D eigenvalue weighted by molar-refractivity contribution is -0.141. The summed E-state index contributed by atoms with van der Waals surface area (Å²) in [5, 5.41) is 52.6. The maximum Gasteiger partial charge on any atom is 0.488 e. The third-order valence-electron chi connectivity index (χ3n) is 4.29. The molecule has 2 rings (SSSR count). The zero-order valence-electron chi connectivity index (χ0n) is 16.4. The summed E-state index contributed by atoms with van der Waals surface area (Å²) in [6.07, 6.45) is 0.661. The summed E-state index contributed by atoms with van der Waals surface area (Å²) < 4.78 is 0. The van der Waals surface area contributed by atoms with Crippen molar-refractivity contribution < 1.29 is 39.9 Å². The average Bonchev–Trinajstić information content (AvgIpc) is 2.69. The van der Waals surface area contributed by atoms with E-state index in [1.165, 1.54) is 12.1 Å². The minimum absolute atomic E-state index is 0.219. The van der Waals surface area contributed by atoms with Crippen LogP contribution in [0.15, 0.2) is 48.5 Å². The van der Waals surface area contributed by atoms with Crippen LogP contribution in [0.1, 0.15) is 18.1 Å². The highest BCUT2D eigenvalue weighted by molar-refractivity contribution is 6.58. The largest absolute Gasteiger partial charge is 0.488 e. The summed E-state index contributed by atoms with van der Waals surface area (Å²) in [6, 6.07) is 11.9. The number of aliphatic carboxylic acids is 2. The van der Waals surface area contributed by atoms with Crippen LogP contribution in [0.2, 0.25) is 0 Å². The number of benzene rings is 2. The summed E-state index contributed by atoms with van der Waals surface area (Å²) >= 11 is 0. The van der Waals surface area contributed by atoms with Gasteiger partial charge in [-0.15, -0.1) is 0 Å². The molecule has 2 atom stereocenters. The molecule has 2 aromatic rings. The first kappa shape index (κ1) is 25.3. The van der Waals surface area contributed by atoms with E-state index in [4.69, 9.17) is 36.0 Å². The van der Waals surface area contributed by atoms with Crippen molar-refractivity contribution in [1.29, 1.82) is 0 Å². The van der Waals surface area contributed by atoms with Crippen molar-refractivity contribution >= 4 is 37.1 Å². The SMILES string of the molecule is C[C@@H](Cc1ccc([10B](O)O)cc1)C(=O)O.N[C@@H](Cc1ccc([10B](O)O)cc1)C(=O)O. The Morgan fingerprint density at radius 1 is 0.767 bits per heavy atom. The van der Waals surface area contributed by atoms with E-state index in [0.717, 1.165) is 11.1 Å². The molecular formula is C19H25B2NO8. The second-order valence-corrected chi connectivity index (χ2v) is 6.82. The van der Waals surface area contributed by atoms with Crippen molar-refractivity contribution in [2.45, 2.75) is 25.8 Å². The molecular weight excluding hydrogens is 390 g/mol. The zero-order chi connectivity index (χ0) is 22.8. The third kappa shape index (κ3) is 8.76. The Labute approximate surface area is 174 Å². The van der Waals surface area contributed by atoms with Crippen molar-refractivity contribution in [2.75, 3.05) is 0 Å². The molecule has 0 radical (unpaired) electrons. The number of carbonyl (C=O) groups is 2. The zero-order valence-corrected chi connectivity index (χ0v) is 16.4. The van der Waals surface area contributed by atoms with Gasteiger partial charge in [0.2, 0.25) is 0 Å².